The van der Waals surface area contributed by atoms with E-state index < -0.39 is 11.6 Å². The summed E-state index contributed by atoms with van der Waals surface area (Å²) in [7, 11) is 0. The van der Waals surface area contributed by atoms with Crippen LogP contribution in [0.25, 0.3) is 0 Å². The molecule has 0 atom stereocenters. The van der Waals surface area contributed by atoms with Crippen molar-refractivity contribution in [3.8, 4) is 0 Å². The second-order valence-electron chi connectivity index (χ2n) is 5.73. The largest absolute Gasteiger partial charge is 0.325 e. The van der Waals surface area contributed by atoms with Crippen LogP contribution in [0.5, 0.6) is 0 Å². The number of hydrogen-bond acceptors (Lipinski definition) is 3. The maximum atomic E-state index is 13.1. The molecule has 1 amide bonds. The molecule has 0 unspecified atom stereocenters. The summed E-state index contributed by atoms with van der Waals surface area (Å²) >= 11 is 0. The lowest BCUT2D eigenvalue weighted by molar-refractivity contribution is -0.117. The van der Waals surface area contributed by atoms with Crippen LogP contribution in [-0.4, -0.2) is 43.5 Å². The summed E-state index contributed by atoms with van der Waals surface area (Å²) in [4.78, 5) is 14.0. The quantitative estimate of drug-likeness (QED) is 0.847. The molecule has 1 aromatic carbocycles. The fourth-order valence-electron chi connectivity index (χ4n) is 2.73. The standard InChI is InChI=1S/C16H23F2N3O/c1-2-19-10-12-3-5-21(6-4-12)11-16(22)20-15-8-13(17)7-14(18)9-15/h7-9,12,19H,2-6,10-11H2,1H3,(H,20,22). The van der Waals surface area contributed by atoms with E-state index in [-0.39, 0.29) is 18.1 Å². The molecule has 0 bridgehead atoms. The summed E-state index contributed by atoms with van der Waals surface area (Å²) in [5.41, 5.74) is 0.157. The van der Waals surface area contributed by atoms with E-state index in [9.17, 15) is 13.6 Å². The van der Waals surface area contributed by atoms with E-state index in [1.807, 2.05) is 0 Å². The van der Waals surface area contributed by atoms with Gasteiger partial charge in [-0.3, -0.25) is 9.69 Å². The molecule has 4 nitrogen and oxygen atoms in total. The zero-order chi connectivity index (χ0) is 15.9. The molecular weight excluding hydrogens is 288 g/mol. The first-order valence-electron chi connectivity index (χ1n) is 7.76. The monoisotopic (exact) mass is 311 g/mol. The Bertz CT molecular complexity index is 482. The number of carbonyl (C=O) groups is 1. The molecule has 0 radical (unpaired) electrons. The number of rotatable bonds is 6. The summed E-state index contributed by atoms with van der Waals surface area (Å²) in [5.74, 6) is -0.967. The molecule has 1 aliphatic heterocycles. The van der Waals surface area contributed by atoms with Gasteiger partial charge in [-0.25, -0.2) is 8.78 Å². The van der Waals surface area contributed by atoms with Crippen molar-refractivity contribution in [2.45, 2.75) is 19.8 Å². The number of likely N-dealkylation sites (tertiary alicyclic amines) is 1. The normalized spacial score (nSPS) is 16.7. The minimum atomic E-state index is -0.695. The van der Waals surface area contributed by atoms with Crippen LogP contribution in [0.3, 0.4) is 0 Å². The van der Waals surface area contributed by atoms with Crippen molar-refractivity contribution in [3.63, 3.8) is 0 Å². The maximum absolute atomic E-state index is 13.1. The fraction of sp³-hybridized carbons (Fsp3) is 0.562. The lowest BCUT2D eigenvalue weighted by Gasteiger charge is -2.31. The third-order valence-electron chi connectivity index (χ3n) is 3.90. The number of hydrogen-bond donors (Lipinski definition) is 2. The lowest BCUT2D eigenvalue weighted by atomic mass is 9.97. The molecule has 0 aliphatic carbocycles. The molecule has 22 heavy (non-hydrogen) atoms. The van der Waals surface area contributed by atoms with E-state index >= 15 is 0 Å². The fourth-order valence-corrected chi connectivity index (χ4v) is 2.73. The van der Waals surface area contributed by atoms with Gasteiger partial charge in [0, 0.05) is 11.8 Å². The van der Waals surface area contributed by atoms with Gasteiger partial charge in [0.1, 0.15) is 11.6 Å². The van der Waals surface area contributed by atoms with Crippen molar-refractivity contribution in [1.82, 2.24) is 10.2 Å². The Balaban J connectivity index is 1.76. The van der Waals surface area contributed by atoms with Crippen LogP contribution in [0.1, 0.15) is 19.8 Å². The average molecular weight is 311 g/mol. The predicted octanol–water partition coefficient (Wildman–Crippen LogP) is 2.22. The molecule has 2 rings (SSSR count). The van der Waals surface area contributed by atoms with Crippen molar-refractivity contribution in [2.75, 3.05) is 38.0 Å². The molecule has 0 saturated carbocycles. The van der Waals surface area contributed by atoms with Gasteiger partial charge in [-0.15, -0.1) is 0 Å². The zero-order valence-electron chi connectivity index (χ0n) is 12.9. The van der Waals surface area contributed by atoms with Crippen LogP contribution >= 0.6 is 0 Å². The second-order valence-corrected chi connectivity index (χ2v) is 5.73. The molecule has 1 saturated heterocycles. The van der Waals surface area contributed by atoms with Gasteiger partial charge in [0.05, 0.1) is 6.54 Å². The Morgan fingerprint density at radius 3 is 2.45 bits per heavy atom. The Labute approximate surface area is 129 Å². The van der Waals surface area contributed by atoms with Gasteiger partial charge in [0.25, 0.3) is 0 Å². The molecule has 0 spiro atoms. The minimum absolute atomic E-state index is 0.157. The van der Waals surface area contributed by atoms with E-state index in [0.717, 1.165) is 57.2 Å². The number of halogens is 2. The number of piperidine rings is 1. The van der Waals surface area contributed by atoms with Gasteiger partial charge < -0.3 is 10.6 Å². The highest BCUT2D eigenvalue weighted by atomic mass is 19.1. The van der Waals surface area contributed by atoms with Crippen LogP contribution in [0, 0.1) is 17.6 Å². The number of nitrogens with zero attached hydrogens (tertiary/aromatic N) is 1. The molecule has 0 aromatic heterocycles. The second kappa shape index (κ2) is 8.19. The van der Waals surface area contributed by atoms with E-state index in [0.29, 0.717) is 5.92 Å². The summed E-state index contributed by atoms with van der Waals surface area (Å²) in [6.45, 7) is 6.11. The Morgan fingerprint density at radius 2 is 1.86 bits per heavy atom. The SMILES string of the molecule is CCNCC1CCN(CC(=O)Nc2cc(F)cc(F)c2)CC1. The Hall–Kier alpha value is -1.53. The van der Waals surface area contributed by atoms with E-state index in [1.165, 1.54) is 0 Å². The third kappa shape index (κ3) is 5.35. The van der Waals surface area contributed by atoms with Gasteiger partial charge in [0.2, 0.25) is 5.91 Å². The first-order valence-corrected chi connectivity index (χ1v) is 7.76. The first-order chi connectivity index (χ1) is 10.6. The van der Waals surface area contributed by atoms with Crippen LogP contribution < -0.4 is 10.6 Å². The topological polar surface area (TPSA) is 44.4 Å². The predicted molar refractivity (Wildman–Crippen MR) is 82.7 cm³/mol. The molecule has 1 aromatic rings. The first kappa shape index (κ1) is 16.8. The molecule has 1 heterocycles. The summed E-state index contributed by atoms with van der Waals surface area (Å²) in [5, 5.41) is 5.89. The van der Waals surface area contributed by atoms with Crippen LogP contribution in [-0.2, 0) is 4.79 Å². The lowest BCUT2D eigenvalue weighted by Crippen LogP contribution is -2.41. The van der Waals surface area contributed by atoms with Crippen molar-refractivity contribution in [1.29, 1.82) is 0 Å². The summed E-state index contributed by atoms with van der Waals surface area (Å²) < 4.78 is 26.1. The number of amides is 1. The van der Waals surface area contributed by atoms with Crippen LogP contribution in [0.4, 0.5) is 14.5 Å². The summed E-state index contributed by atoms with van der Waals surface area (Å²) in [6, 6.07) is 3.01. The van der Waals surface area contributed by atoms with Crippen LogP contribution in [0.2, 0.25) is 0 Å². The van der Waals surface area contributed by atoms with Crippen molar-refractivity contribution >= 4 is 11.6 Å². The number of benzene rings is 1. The van der Waals surface area contributed by atoms with Gasteiger partial charge >= 0.3 is 0 Å². The average Bonchev–Trinajstić information content (AvgIpc) is 2.45. The molecule has 1 aliphatic rings. The third-order valence-corrected chi connectivity index (χ3v) is 3.90. The molecule has 2 N–H and O–H groups in total. The highest BCUT2D eigenvalue weighted by Crippen LogP contribution is 2.17. The molecule has 1 fully saturated rings. The highest BCUT2D eigenvalue weighted by molar-refractivity contribution is 5.92. The van der Waals surface area contributed by atoms with Gasteiger partial charge in [-0.05, 0) is 57.1 Å². The number of carbonyl (C=O) groups excluding carboxylic acids is 1. The smallest absolute Gasteiger partial charge is 0.238 e. The van der Waals surface area contributed by atoms with E-state index in [4.69, 9.17) is 0 Å². The van der Waals surface area contributed by atoms with E-state index in [2.05, 4.69) is 22.5 Å². The molecule has 122 valence electrons. The van der Waals surface area contributed by atoms with Crippen molar-refractivity contribution in [3.05, 3.63) is 29.8 Å². The van der Waals surface area contributed by atoms with Gasteiger partial charge in [-0.1, -0.05) is 6.92 Å². The summed E-state index contributed by atoms with van der Waals surface area (Å²) in [6.07, 6.45) is 2.13. The minimum Gasteiger partial charge on any atom is -0.325 e. The van der Waals surface area contributed by atoms with Crippen LogP contribution in [0.15, 0.2) is 18.2 Å². The van der Waals surface area contributed by atoms with Crippen molar-refractivity contribution < 1.29 is 13.6 Å². The zero-order valence-corrected chi connectivity index (χ0v) is 12.9. The van der Waals surface area contributed by atoms with Gasteiger partial charge in [-0.2, -0.15) is 0 Å². The molecular formula is C16H23F2N3O. The number of nitrogens with one attached hydrogen (secondary N) is 2. The molecule has 6 heteroatoms. The maximum Gasteiger partial charge on any atom is 0.238 e. The Morgan fingerprint density at radius 1 is 1.23 bits per heavy atom. The Kier molecular flexibility index (Phi) is 6.27. The highest BCUT2D eigenvalue weighted by Gasteiger charge is 2.20. The number of anilines is 1. The van der Waals surface area contributed by atoms with E-state index in [1.54, 1.807) is 0 Å². The van der Waals surface area contributed by atoms with Gasteiger partial charge in [0.15, 0.2) is 0 Å². The van der Waals surface area contributed by atoms with Crippen molar-refractivity contribution in [2.24, 2.45) is 5.92 Å².